The Kier molecular flexibility index (Phi) is 12.6. The van der Waals surface area contributed by atoms with Gasteiger partial charge in [-0.25, -0.2) is 0 Å². The zero-order chi connectivity index (χ0) is 23.3. The molecular weight excluding hydrogens is 396 g/mol. The molecule has 0 aliphatic heterocycles. The molecule has 0 bridgehead atoms. The molecule has 30 heavy (non-hydrogen) atoms. The fourth-order valence-electron chi connectivity index (χ4n) is 2.60. The van der Waals surface area contributed by atoms with Crippen LogP contribution in [-0.2, 0) is 24.0 Å². The summed E-state index contributed by atoms with van der Waals surface area (Å²) < 4.78 is 0. The number of carboxylic acid groups (broad SMARTS) is 1. The Morgan fingerprint density at radius 3 is 2.13 bits per heavy atom. The molecule has 0 unspecified atom stereocenters. The van der Waals surface area contributed by atoms with Crippen molar-refractivity contribution in [3.63, 3.8) is 0 Å². The van der Waals surface area contributed by atoms with Gasteiger partial charge in [-0.3, -0.25) is 29.0 Å². The van der Waals surface area contributed by atoms with E-state index in [-0.39, 0.29) is 81.5 Å². The minimum absolute atomic E-state index is 0.0218. The van der Waals surface area contributed by atoms with E-state index in [1.165, 1.54) is 11.8 Å². The highest BCUT2D eigenvalue weighted by molar-refractivity contribution is 5.95. The number of carbonyl (C=O) groups excluding carboxylic acids is 4. The Bertz CT molecular complexity index is 660. The first-order valence-corrected chi connectivity index (χ1v) is 9.51. The van der Waals surface area contributed by atoms with E-state index in [4.69, 9.17) is 22.3 Å². The molecule has 0 aliphatic rings. The second-order valence-electron chi connectivity index (χ2n) is 7.04. The lowest BCUT2D eigenvalue weighted by atomic mass is 10.1. The second kappa shape index (κ2) is 14.0. The molecule has 12 nitrogen and oxygen atoms in total. The minimum Gasteiger partial charge on any atom is -0.481 e. The van der Waals surface area contributed by atoms with Gasteiger partial charge in [0.15, 0.2) is 11.7 Å². The number of rotatable bonds is 15. The molecule has 170 valence electrons. The number of nitrogens with two attached hydrogens (primary N) is 3. The molecule has 0 aromatic carbocycles. The minimum atomic E-state index is -1.30. The predicted octanol–water partition coefficient (Wildman–Crippen LogP) is -1.93. The van der Waals surface area contributed by atoms with Gasteiger partial charge in [-0.2, -0.15) is 0 Å². The van der Waals surface area contributed by atoms with Crippen LogP contribution in [-0.4, -0.2) is 89.0 Å². The van der Waals surface area contributed by atoms with Crippen LogP contribution in [0.4, 0.5) is 0 Å². The van der Waals surface area contributed by atoms with Gasteiger partial charge in [0.2, 0.25) is 11.8 Å². The number of nitrogens with zero attached hydrogens (tertiary/aromatic N) is 3. The zero-order valence-electron chi connectivity index (χ0n) is 17.5. The number of hydrogen-bond donors (Lipinski definition) is 4. The van der Waals surface area contributed by atoms with Gasteiger partial charge >= 0.3 is 5.97 Å². The number of aliphatic imine (C=N–C) groups is 1. The summed E-state index contributed by atoms with van der Waals surface area (Å²) in [7, 11) is 0. The molecule has 7 N–H and O–H groups in total. The summed E-state index contributed by atoms with van der Waals surface area (Å²) in [5, 5.41) is 8.74. The third-order valence-corrected chi connectivity index (χ3v) is 3.80. The molecule has 0 heterocycles. The van der Waals surface area contributed by atoms with Crippen molar-refractivity contribution in [3.05, 3.63) is 0 Å². The molecule has 0 aromatic heterocycles. The Labute approximate surface area is 175 Å². The van der Waals surface area contributed by atoms with E-state index < -0.39 is 18.3 Å². The lowest BCUT2D eigenvalue weighted by molar-refractivity contribution is -0.145. The highest BCUT2D eigenvalue weighted by Gasteiger charge is 2.20. The van der Waals surface area contributed by atoms with Crippen molar-refractivity contribution in [3.8, 4) is 0 Å². The van der Waals surface area contributed by atoms with E-state index in [9.17, 15) is 24.0 Å². The van der Waals surface area contributed by atoms with Crippen molar-refractivity contribution >= 4 is 35.3 Å². The molecule has 0 aliphatic carbocycles. The molecule has 0 saturated heterocycles. The first kappa shape index (κ1) is 27.0. The topological polar surface area (TPSA) is 202 Å². The van der Waals surface area contributed by atoms with Gasteiger partial charge in [-0.05, 0) is 20.3 Å². The lowest BCUT2D eigenvalue weighted by Crippen LogP contribution is -2.43. The number of amides is 2. The maximum atomic E-state index is 12.3. The number of hydrogen-bond acceptors (Lipinski definition) is 7. The fourth-order valence-corrected chi connectivity index (χ4v) is 2.60. The van der Waals surface area contributed by atoms with Crippen molar-refractivity contribution in [1.82, 2.24) is 9.80 Å². The summed E-state index contributed by atoms with van der Waals surface area (Å²) in [5.74, 6) is -2.99. The maximum Gasteiger partial charge on any atom is 0.312 e. The smallest absolute Gasteiger partial charge is 0.312 e. The monoisotopic (exact) mass is 428 g/mol. The molecule has 0 saturated carbocycles. The highest BCUT2D eigenvalue weighted by atomic mass is 16.4. The van der Waals surface area contributed by atoms with E-state index in [0.29, 0.717) is 0 Å². The number of guanidine groups is 1. The standard InChI is InChI=1S/C18H32N6O6/c1-12(19)9-24(15(27)5-6-22-18(20)21)11-14(26)4-3-7-23(10-13(2)25)16(28)8-17(29)30/h12H,3-11,19H2,1-2H3,(H,29,30)(H4,20,21,22)/t12-/m0/s1. The quantitative estimate of drug-likeness (QED) is 0.130. The van der Waals surface area contributed by atoms with Gasteiger partial charge in [0.05, 0.1) is 19.6 Å². The van der Waals surface area contributed by atoms with E-state index >= 15 is 0 Å². The van der Waals surface area contributed by atoms with Gasteiger partial charge in [0.1, 0.15) is 12.2 Å². The van der Waals surface area contributed by atoms with Gasteiger partial charge in [-0.1, -0.05) is 0 Å². The van der Waals surface area contributed by atoms with Gasteiger partial charge < -0.3 is 32.1 Å². The van der Waals surface area contributed by atoms with Crippen LogP contribution in [0.1, 0.15) is 39.5 Å². The molecule has 0 radical (unpaired) electrons. The van der Waals surface area contributed by atoms with E-state index in [2.05, 4.69) is 4.99 Å². The summed E-state index contributed by atoms with van der Waals surface area (Å²) >= 11 is 0. The SMILES string of the molecule is CC(=O)CN(CCCC(=O)CN(C[C@H](C)N)C(=O)CCN=C(N)N)C(=O)CC(=O)O. The third-order valence-electron chi connectivity index (χ3n) is 3.80. The fraction of sp³-hybridized carbons (Fsp3) is 0.667. The molecule has 0 fully saturated rings. The number of Topliss-reactive ketones (excluding diaryl/α,β-unsaturated/α-hetero) is 2. The summed E-state index contributed by atoms with van der Waals surface area (Å²) in [6.45, 7) is 2.94. The van der Waals surface area contributed by atoms with Crippen molar-refractivity contribution in [1.29, 1.82) is 0 Å². The van der Waals surface area contributed by atoms with Crippen LogP contribution in [0.15, 0.2) is 4.99 Å². The number of carboxylic acids is 1. The maximum absolute atomic E-state index is 12.3. The first-order chi connectivity index (χ1) is 13.9. The van der Waals surface area contributed by atoms with Crippen molar-refractivity contribution < 1.29 is 29.1 Å². The number of carbonyl (C=O) groups is 5. The predicted molar refractivity (Wildman–Crippen MR) is 109 cm³/mol. The lowest BCUT2D eigenvalue weighted by Gasteiger charge is -2.24. The number of ketones is 2. The summed E-state index contributed by atoms with van der Waals surface area (Å²) in [5.41, 5.74) is 16.2. The Balaban J connectivity index is 4.75. The van der Waals surface area contributed by atoms with Gasteiger partial charge in [-0.15, -0.1) is 0 Å². The van der Waals surface area contributed by atoms with E-state index in [0.717, 1.165) is 4.90 Å². The molecular formula is C18H32N6O6. The van der Waals surface area contributed by atoms with Crippen LogP contribution in [0.2, 0.25) is 0 Å². The molecule has 0 aromatic rings. The third kappa shape index (κ3) is 13.2. The van der Waals surface area contributed by atoms with Crippen molar-refractivity contribution in [2.45, 2.75) is 45.6 Å². The average molecular weight is 428 g/mol. The molecule has 2 amide bonds. The highest BCUT2D eigenvalue weighted by Crippen LogP contribution is 2.04. The summed E-state index contributed by atoms with van der Waals surface area (Å²) in [6.07, 6.45) is -0.432. The van der Waals surface area contributed by atoms with Crippen LogP contribution < -0.4 is 17.2 Å². The largest absolute Gasteiger partial charge is 0.481 e. The zero-order valence-corrected chi connectivity index (χ0v) is 17.5. The van der Waals surface area contributed by atoms with Gasteiger partial charge in [0, 0.05) is 32.0 Å². The number of aliphatic carboxylic acids is 1. The Morgan fingerprint density at radius 1 is 1.00 bits per heavy atom. The normalized spacial score (nSPS) is 11.3. The van der Waals surface area contributed by atoms with Crippen LogP contribution in [0.25, 0.3) is 0 Å². The Hall–Kier alpha value is -3.02. The van der Waals surface area contributed by atoms with Gasteiger partial charge in [0.25, 0.3) is 0 Å². The van der Waals surface area contributed by atoms with Crippen LogP contribution in [0.3, 0.4) is 0 Å². The Morgan fingerprint density at radius 2 is 1.63 bits per heavy atom. The van der Waals surface area contributed by atoms with Crippen molar-refractivity contribution in [2.75, 3.05) is 32.7 Å². The van der Waals surface area contributed by atoms with Crippen molar-refractivity contribution in [2.24, 2.45) is 22.2 Å². The van der Waals surface area contributed by atoms with Crippen LogP contribution >= 0.6 is 0 Å². The first-order valence-electron chi connectivity index (χ1n) is 9.51. The van der Waals surface area contributed by atoms with E-state index in [1.807, 2.05) is 0 Å². The van der Waals surface area contributed by atoms with Crippen LogP contribution in [0, 0.1) is 0 Å². The van der Waals surface area contributed by atoms with E-state index in [1.54, 1.807) is 6.92 Å². The molecule has 0 spiro atoms. The molecule has 0 rings (SSSR count). The summed E-state index contributed by atoms with van der Waals surface area (Å²) in [4.78, 5) is 64.7. The average Bonchev–Trinajstić information content (AvgIpc) is 2.58. The molecule has 12 heteroatoms. The molecule has 1 atom stereocenters. The van der Waals surface area contributed by atoms with Crippen LogP contribution in [0.5, 0.6) is 0 Å². The summed E-state index contributed by atoms with van der Waals surface area (Å²) in [6, 6.07) is -0.343. The second-order valence-corrected chi connectivity index (χ2v) is 7.04.